The zero-order valence-electron chi connectivity index (χ0n) is 11.1. The van der Waals surface area contributed by atoms with Crippen molar-refractivity contribution in [2.24, 2.45) is 0 Å². The fourth-order valence-corrected chi connectivity index (χ4v) is 2.23. The molecule has 0 fully saturated rings. The third-order valence-corrected chi connectivity index (χ3v) is 3.20. The van der Waals surface area contributed by atoms with Crippen LogP contribution in [-0.4, -0.2) is 15.0 Å². The third kappa shape index (κ3) is 3.35. The topological polar surface area (TPSA) is 50.7 Å². The van der Waals surface area contributed by atoms with Crippen LogP contribution in [0.1, 0.15) is 17.3 Å². The van der Waals surface area contributed by atoms with E-state index in [4.69, 9.17) is 11.6 Å². The molecule has 0 aliphatic carbocycles. The van der Waals surface area contributed by atoms with Gasteiger partial charge in [-0.3, -0.25) is 9.97 Å². The van der Waals surface area contributed by atoms with Crippen LogP contribution in [0.3, 0.4) is 0 Å². The Kier molecular flexibility index (Phi) is 4.07. The lowest BCUT2D eigenvalue weighted by molar-refractivity contribution is 0.875. The second kappa shape index (κ2) is 6.33. The Hall–Kier alpha value is -2.46. The highest BCUT2D eigenvalue weighted by Crippen LogP contribution is 2.24. The van der Waals surface area contributed by atoms with Crippen LogP contribution >= 0.6 is 11.6 Å². The minimum absolute atomic E-state index is 0.111. The standard InChI is InChI=1S/C16H13ClN4/c17-14-10-18-11-15(20-14)21-16(12-6-2-1-3-7-12)13-8-4-5-9-19-13/h1-11,16H,(H,20,21). The highest BCUT2D eigenvalue weighted by Gasteiger charge is 2.15. The summed E-state index contributed by atoms with van der Waals surface area (Å²) < 4.78 is 0. The summed E-state index contributed by atoms with van der Waals surface area (Å²) in [6, 6.07) is 15.8. The molecule has 3 aromatic rings. The molecule has 21 heavy (non-hydrogen) atoms. The van der Waals surface area contributed by atoms with Crippen molar-refractivity contribution in [3.63, 3.8) is 0 Å². The van der Waals surface area contributed by atoms with E-state index in [2.05, 4.69) is 20.3 Å². The molecule has 1 unspecified atom stereocenters. The second-order valence-corrected chi connectivity index (χ2v) is 4.86. The molecule has 0 saturated heterocycles. The Labute approximate surface area is 127 Å². The molecular weight excluding hydrogens is 284 g/mol. The van der Waals surface area contributed by atoms with Gasteiger partial charge >= 0.3 is 0 Å². The van der Waals surface area contributed by atoms with Gasteiger partial charge in [0.1, 0.15) is 11.0 Å². The Bertz CT molecular complexity index is 664. The summed E-state index contributed by atoms with van der Waals surface area (Å²) >= 11 is 5.89. The molecule has 0 spiro atoms. The molecule has 104 valence electrons. The summed E-state index contributed by atoms with van der Waals surface area (Å²) in [6.45, 7) is 0. The van der Waals surface area contributed by atoms with Crippen molar-refractivity contribution < 1.29 is 0 Å². The van der Waals surface area contributed by atoms with Crippen LogP contribution < -0.4 is 5.32 Å². The van der Waals surface area contributed by atoms with Crippen LogP contribution in [0, 0.1) is 0 Å². The normalized spacial score (nSPS) is 11.9. The highest BCUT2D eigenvalue weighted by atomic mass is 35.5. The van der Waals surface area contributed by atoms with Crippen LogP contribution in [0.4, 0.5) is 5.82 Å². The van der Waals surface area contributed by atoms with E-state index in [0.29, 0.717) is 11.0 Å². The quantitative estimate of drug-likeness (QED) is 0.797. The number of halogens is 1. The van der Waals surface area contributed by atoms with E-state index in [1.165, 1.54) is 6.20 Å². The van der Waals surface area contributed by atoms with Gasteiger partial charge in [0.05, 0.1) is 24.1 Å². The molecule has 2 aromatic heterocycles. The Morgan fingerprint density at radius 2 is 1.76 bits per heavy atom. The van der Waals surface area contributed by atoms with E-state index in [1.54, 1.807) is 12.4 Å². The molecular formula is C16H13ClN4. The van der Waals surface area contributed by atoms with Gasteiger partial charge in [-0.1, -0.05) is 48.0 Å². The number of rotatable bonds is 4. The van der Waals surface area contributed by atoms with Gasteiger partial charge in [0.15, 0.2) is 0 Å². The van der Waals surface area contributed by atoms with Crippen LogP contribution in [0.5, 0.6) is 0 Å². The van der Waals surface area contributed by atoms with E-state index < -0.39 is 0 Å². The monoisotopic (exact) mass is 296 g/mol. The van der Waals surface area contributed by atoms with Gasteiger partial charge in [-0.05, 0) is 17.7 Å². The summed E-state index contributed by atoms with van der Waals surface area (Å²) in [4.78, 5) is 12.7. The van der Waals surface area contributed by atoms with Crippen LogP contribution in [-0.2, 0) is 0 Å². The Morgan fingerprint density at radius 1 is 0.952 bits per heavy atom. The Morgan fingerprint density at radius 3 is 2.48 bits per heavy atom. The van der Waals surface area contributed by atoms with Gasteiger partial charge in [-0.2, -0.15) is 0 Å². The molecule has 0 aliphatic heterocycles. The lowest BCUT2D eigenvalue weighted by atomic mass is 10.0. The average Bonchev–Trinajstić information content (AvgIpc) is 2.54. The van der Waals surface area contributed by atoms with Crippen molar-refractivity contribution >= 4 is 17.4 Å². The molecule has 0 amide bonds. The highest BCUT2D eigenvalue weighted by molar-refractivity contribution is 6.29. The summed E-state index contributed by atoms with van der Waals surface area (Å²) in [5, 5.41) is 3.69. The lowest BCUT2D eigenvalue weighted by Gasteiger charge is -2.19. The van der Waals surface area contributed by atoms with Crippen molar-refractivity contribution in [1.82, 2.24) is 15.0 Å². The summed E-state index contributed by atoms with van der Waals surface area (Å²) in [5.74, 6) is 0.613. The maximum absolute atomic E-state index is 5.89. The predicted octanol–water partition coefficient (Wildman–Crippen LogP) is 3.73. The summed E-state index contributed by atoms with van der Waals surface area (Å²) in [6.07, 6.45) is 4.92. The van der Waals surface area contributed by atoms with Crippen molar-refractivity contribution in [2.45, 2.75) is 6.04 Å². The number of pyridine rings is 1. The van der Waals surface area contributed by atoms with Crippen LogP contribution in [0.15, 0.2) is 67.1 Å². The number of benzene rings is 1. The number of hydrogen-bond acceptors (Lipinski definition) is 4. The zero-order valence-corrected chi connectivity index (χ0v) is 11.9. The largest absolute Gasteiger partial charge is 0.356 e. The molecule has 1 N–H and O–H groups in total. The first kappa shape index (κ1) is 13.5. The van der Waals surface area contributed by atoms with Gasteiger partial charge in [-0.15, -0.1) is 0 Å². The van der Waals surface area contributed by atoms with Crippen molar-refractivity contribution in [3.8, 4) is 0 Å². The summed E-state index contributed by atoms with van der Waals surface area (Å²) in [7, 11) is 0. The minimum atomic E-state index is -0.111. The second-order valence-electron chi connectivity index (χ2n) is 4.47. The number of nitrogens with one attached hydrogen (secondary N) is 1. The van der Waals surface area contributed by atoms with E-state index in [1.807, 2.05) is 48.5 Å². The number of nitrogens with zero attached hydrogens (tertiary/aromatic N) is 3. The number of anilines is 1. The van der Waals surface area contributed by atoms with E-state index >= 15 is 0 Å². The Balaban J connectivity index is 1.97. The van der Waals surface area contributed by atoms with Crippen molar-refractivity contribution in [2.75, 3.05) is 5.32 Å². The lowest BCUT2D eigenvalue weighted by Crippen LogP contribution is -2.14. The third-order valence-electron chi connectivity index (χ3n) is 3.01. The number of hydrogen-bond donors (Lipinski definition) is 1. The molecule has 0 aliphatic rings. The number of aromatic nitrogens is 3. The van der Waals surface area contributed by atoms with Crippen molar-refractivity contribution in [1.29, 1.82) is 0 Å². The predicted molar refractivity (Wildman–Crippen MR) is 83.2 cm³/mol. The first-order valence-corrected chi connectivity index (χ1v) is 6.91. The molecule has 2 heterocycles. The first-order valence-electron chi connectivity index (χ1n) is 6.53. The van der Waals surface area contributed by atoms with Gasteiger partial charge in [0, 0.05) is 6.20 Å². The minimum Gasteiger partial charge on any atom is -0.356 e. The maximum Gasteiger partial charge on any atom is 0.149 e. The first-order chi connectivity index (χ1) is 10.3. The van der Waals surface area contributed by atoms with E-state index in [9.17, 15) is 0 Å². The van der Waals surface area contributed by atoms with Gasteiger partial charge in [-0.25, -0.2) is 4.98 Å². The van der Waals surface area contributed by atoms with Crippen molar-refractivity contribution in [3.05, 3.63) is 83.5 Å². The van der Waals surface area contributed by atoms with Gasteiger partial charge in [0.2, 0.25) is 0 Å². The van der Waals surface area contributed by atoms with E-state index in [-0.39, 0.29) is 6.04 Å². The summed E-state index contributed by atoms with van der Waals surface area (Å²) in [5.41, 5.74) is 2.00. The SMILES string of the molecule is Clc1cncc(NC(c2ccccc2)c2ccccn2)n1. The van der Waals surface area contributed by atoms with Crippen LogP contribution in [0.25, 0.3) is 0 Å². The van der Waals surface area contributed by atoms with Crippen LogP contribution in [0.2, 0.25) is 5.15 Å². The molecule has 0 radical (unpaired) electrons. The van der Waals surface area contributed by atoms with E-state index in [0.717, 1.165) is 11.3 Å². The molecule has 1 aromatic carbocycles. The fourth-order valence-electron chi connectivity index (χ4n) is 2.08. The molecule has 4 nitrogen and oxygen atoms in total. The smallest absolute Gasteiger partial charge is 0.149 e. The fraction of sp³-hybridized carbons (Fsp3) is 0.0625. The average molecular weight is 297 g/mol. The zero-order chi connectivity index (χ0) is 14.5. The molecule has 5 heteroatoms. The van der Waals surface area contributed by atoms with Gasteiger partial charge < -0.3 is 5.32 Å². The maximum atomic E-state index is 5.89. The van der Waals surface area contributed by atoms with Gasteiger partial charge in [0.25, 0.3) is 0 Å². The molecule has 3 rings (SSSR count). The molecule has 0 saturated carbocycles. The molecule has 0 bridgehead atoms. The molecule has 1 atom stereocenters.